The van der Waals surface area contributed by atoms with Crippen LogP contribution in [0.4, 0.5) is 0 Å². The Bertz CT molecular complexity index is 587. The van der Waals surface area contributed by atoms with Gasteiger partial charge in [0.25, 0.3) is 0 Å². The summed E-state index contributed by atoms with van der Waals surface area (Å²) >= 11 is 0. The fourth-order valence-corrected chi connectivity index (χ4v) is 2.12. The average molecular weight is 305 g/mol. The minimum absolute atomic E-state index is 0.0525. The number of esters is 1. The van der Waals surface area contributed by atoms with Crippen LogP contribution in [0.2, 0.25) is 0 Å². The van der Waals surface area contributed by atoms with E-state index in [0.717, 1.165) is 6.07 Å². The first-order valence-corrected chi connectivity index (χ1v) is 7.47. The van der Waals surface area contributed by atoms with Gasteiger partial charge in [-0.3, -0.25) is 0 Å². The first-order valence-electron chi connectivity index (χ1n) is 5.92. The Hall–Kier alpha value is -1.38. The largest absolute Gasteiger partial charge is 0.460 e. The van der Waals surface area contributed by atoms with E-state index in [1.807, 2.05) is 13.8 Å². The van der Waals surface area contributed by atoms with Crippen molar-refractivity contribution in [3.63, 3.8) is 0 Å². The molecule has 0 unspecified atom stereocenters. The van der Waals surface area contributed by atoms with Crippen molar-refractivity contribution in [2.45, 2.75) is 37.7 Å². The summed E-state index contributed by atoms with van der Waals surface area (Å²) in [6.07, 6.45) is 0.497. The Labute approximate surface area is 118 Å². The predicted molar refractivity (Wildman–Crippen MR) is 70.8 cm³/mol. The first-order chi connectivity index (χ1) is 9.07. The number of carbonyl (C=O) groups is 1. The van der Waals surface area contributed by atoms with Crippen molar-refractivity contribution in [2.24, 2.45) is 5.14 Å². The van der Waals surface area contributed by atoms with E-state index in [1.54, 1.807) is 7.11 Å². The molecule has 114 valence electrons. The molecule has 0 saturated carbocycles. The number of hydrogen-bond acceptors (Lipinski definition) is 6. The van der Waals surface area contributed by atoms with Crippen LogP contribution in [0.25, 0.3) is 0 Å². The van der Waals surface area contributed by atoms with Gasteiger partial charge in [-0.1, -0.05) is 0 Å². The van der Waals surface area contributed by atoms with Crippen LogP contribution in [-0.4, -0.2) is 33.7 Å². The summed E-state index contributed by atoms with van der Waals surface area (Å²) in [6, 6.07) is 1.06. The van der Waals surface area contributed by atoms with Gasteiger partial charge in [-0.15, -0.1) is 0 Å². The maximum absolute atomic E-state index is 11.7. The third-order valence-corrected chi connectivity index (χ3v) is 3.89. The van der Waals surface area contributed by atoms with Crippen LogP contribution >= 0.6 is 0 Å². The van der Waals surface area contributed by atoms with Crippen molar-refractivity contribution in [3.05, 3.63) is 17.6 Å². The quantitative estimate of drug-likeness (QED) is 0.791. The highest BCUT2D eigenvalue weighted by atomic mass is 32.2. The van der Waals surface area contributed by atoms with Crippen LogP contribution in [0.3, 0.4) is 0 Å². The molecule has 2 N–H and O–H groups in total. The predicted octanol–water partition coefficient (Wildman–Crippen LogP) is 1.21. The highest BCUT2D eigenvalue weighted by molar-refractivity contribution is 7.89. The van der Waals surface area contributed by atoms with Crippen LogP contribution in [0, 0.1) is 6.92 Å². The third-order valence-electron chi connectivity index (χ3n) is 2.87. The molecule has 0 amide bonds. The van der Waals surface area contributed by atoms with Crippen molar-refractivity contribution in [1.29, 1.82) is 0 Å². The monoisotopic (exact) mass is 305 g/mol. The second kappa shape index (κ2) is 5.94. The molecule has 0 fully saturated rings. The summed E-state index contributed by atoms with van der Waals surface area (Å²) in [5.41, 5.74) is -0.412. The highest BCUT2D eigenvalue weighted by Gasteiger charge is 2.23. The van der Waals surface area contributed by atoms with E-state index in [0.29, 0.717) is 6.42 Å². The van der Waals surface area contributed by atoms with E-state index in [-0.39, 0.29) is 23.0 Å². The number of primary sulfonamides is 1. The Morgan fingerprint density at radius 2 is 2.05 bits per heavy atom. The molecule has 0 atom stereocenters. The molecule has 1 heterocycles. The standard InChI is InChI=1S/C12H19NO6S/c1-8-10(20(13,15)16)7-9(19-8)11(14)18-6-5-12(2,3)17-4/h7H,5-6H2,1-4H3,(H2,13,15,16). The van der Waals surface area contributed by atoms with E-state index in [2.05, 4.69) is 0 Å². The Morgan fingerprint density at radius 3 is 2.50 bits per heavy atom. The van der Waals surface area contributed by atoms with Crippen LogP contribution in [0.5, 0.6) is 0 Å². The van der Waals surface area contributed by atoms with Crippen molar-refractivity contribution in [3.8, 4) is 0 Å². The maximum Gasteiger partial charge on any atom is 0.374 e. The number of sulfonamides is 1. The summed E-state index contributed by atoms with van der Waals surface area (Å²) in [7, 11) is -2.35. The molecule has 1 aromatic heterocycles. The van der Waals surface area contributed by atoms with Crippen molar-refractivity contribution >= 4 is 16.0 Å². The number of furan rings is 1. The SMILES string of the molecule is COC(C)(C)CCOC(=O)c1cc(S(N)(=O)=O)c(C)o1. The van der Waals surface area contributed by atoms with Crippen LogP contribution < -0.4 is 5.14 Å². The minimum Gasteiger partial charge on any atom is -0.460 e. The molecule has 1 rings (SSSR count). The number of rotatable bonds is 6. The molecule has 0 aromatic carbocycles. The zero-order valence-electron chi connectivity index (χ0n) is 11.9. The number of aryl methyl sites for hydroxylation is 1. The summed E-state index contributed by atoms with van der Waals surface area (Å²) in [4.78, 5) is 11.5. The third kappa shape index (κ3) is 4.32. The molecule has 0 bridgehead atoms. The van der Waals surface area contributed by atoms with E-state index in [4.69, 9.17) is 19.0 Å². The minimum atomic E-state index is -3.92. The molecule has 0 aliphatic rings. The summed E-state index contributed by atoms with van der Waals surface area (Å²) in [5, 5.41) is 4.99. The van der Waals surface area contributed by atoms with Gasteiger partial charge < -0.3 is 13.9 Å². The molecule has 0 aliphatic carbocycles. The van der Waals surface area contributed by atoms with E-state index in [1.165, 1.54) is 6.92 Å². The van der Waals surface area contributed by atoms with Gasteiger partial charge in [-0.2, -0.15) is 0 Å². The number of nitrogens with two attached hydrogens (primary N) is 1. The Morgan fingerprint density at radius 1 is 1.45 bits per heavy atom. The second-order valence-electron chi connectivity index (χ2n) is 4.93. The normalized spacial score (nSPS) is 12.4. The number of carbonyl (C=O) groups excluding carboxylic acids is 1. The summed E-state index contributed by atoms with van der Waals surface area (Å²) in [6.45, 7) is 5.25. The second-order valence-corrected chi connectivity index (χ2v) is 6.46. The Balaban J connectivity index is 2.71. The van der Waals surface area contributed by atoms with Crippen LogP contribution in [0.1, 0.15) is 36.6 Å². The summed E-state index contributed by atoms with van der Waals surface area (Å²) in [5.74, 6) is -0.881. The molecular formula is C12H19NO6S. The van der Waals surface area contributed by atoms with Gasteiger partial charge >= 0.3 is 5.97 Å². The molecule has 8 heteroatoms. The van der Waals surface area contributed by atoms with E-state index < -0.39 is 21.6 Å². The van der Waals surface area contributed by atoms with Gasteiger partial charge in [0.2, 0.25) is 15.8 Å². The van der Waals surface area contributed by atoms with Gasteiger partial charge in [-0.25, -0.2) is 18.4 Å². The first kappa shape index (κ1) is 16.7. The molecule has 0 radical (unpaired) electrons. The number of ether oxygens (including phenoxy) is 2. The van der Waals surface area contributed by atoms with Crippen molar-refractivity contribution in [1.82, 2.24) is 0 Å². The number of hydrogen-bond donors (Lipinski definition) is 1. The number of methoxy groups -OCH3 is 1. The van der Waals surface area contributed by atoms with Crippen LogP contribution in [0.15, 0.2) is 15.4 Å². The fraction of sp³-hybridized carbons (Fsp3) is 0.583. The fourth-order valence-electron chi connectivity index (χ4n) is 1.41. The maximum atomic E-state index is 11.7. The topological polar surface area (TPSA) is 109 Å². The zero-order valence-corrected chi connectivity index (χ0v) is 12.7. The van der Waals surface area contributed by atoms with Gasteiger partial charge in [0.15, 0.2) is 0 Å². The smallest absolute Gasteiger partial charge is 0.374 e. The van der Waals surface area contributed by atoms with Crippen molar-refractivity contribution in [2.75, 3.05) is 13.7 Å². The van der Waals surface area contributed by atoms with Gasteiger partial charge in [-0.05, 0) is 20.8 Å². The molecule has 0 spiro atoms. The molecule has 1 aromatic rings. The van der Waals surface area contributed by atoms with E-state index in [9.17, 15) is 13.2 Å². The van der Waals surface area contributed by atoms with E-state index >= 15 is 0 Å². The van der Waals surface area contributed by atoms with Gasteiger partial charge in [0, 0.05) is 19.6 Å². The van der Waals surface area contributed by atoms with Crippen LogP contribution in [-0.2, 0) is 19.5 Å². The molecule has 0 aliphatic heterocycles. The molecule has 20 heavy (non-hydrogen) atoms. The lowest BCUT2D eigenvalue weighted by molar-refractivity contribution is -0.00655. The lowest BCUT2D eigenvalue weighted by Gasteiger charge is -2.22. The van der Waals surface area contributed by atoms with Gasteiger partial charge in [0.1, 0.15) is 10.7 Å². The molecule has 7 nitrogen and oxygen atoms in total. The Kier molecular flexibility index (Phi) is 4.95. The molecular weight excluding hydrogens is 286 g/mol. The highest BCUT2D eigenvalue weighted by Crippen LogP contribution is 2.20. The lowest BCUT2D eigenvalue weighted by Crippen LogP contribution is -2.25. The van der Waals surface area contributed by atoms with Crippen molar-refractivity contribution < 1.29 is 27.1 Å². The summed E-state index contributed by atoms with van der Waals surface area (Å²) < 4.78 is 37.7. The van der Waals surface area contributed by atoms with Gasteiger partial charge in [0.05, 0.1) is 12.2 Å². The lowest BCUT2D eigenvalue weighted by atomic mass is 10.1. The zero-order chi connectivity index (χ0) is 15.6. The average Bonchev–Trinajstić information content (AvgIpc) is 2.71. The molecule has 0 saturated heterocycles.